The van der Waals surface area contributed by atoms with Gasteiger partial charge in [-0.1, -0.05) is 48.9 Å². The molecule has 35 heavy (non-hydrogen) atoms. The van der Waals surface area contributed by atoms with Crippen LogP contribution in [0.2, 0.25) is 0 Å². The molecule has 8 atom stereocenters. The smallest absolute Gasteiger partial charge is 0.316 e. The van der Waals surface area contributed by atoms with E-state index < -0.39 is 23.0 Å². The number of ketones is 1. The molecule has 0 bridgehead atoms. The van der Waals surface area contributed by atoms with Crippen LogP contribution < -0.4 is 0 Å². The van der Waals surface area contributed by atoms with Crippen LogP contribution in [0.4, 0.5) is 0 Å². The van der Waals surface area contributed by atoms with Crippen molar-refractivity contribution < 1.29 is 29.0 Å². The summed E-state index contributed by atoms with van der Waals surface area (Å²) in [6.07, 6.45) is 4.06. The number of benzene rings is 1. The van der Waals surface area contributed by atoms with E-state index in [1.807, 2.05) is 32.0 Å². The Kier molecular flexibility index (Phi) is 5.78. The molecule has 0 radical (unpaired) electrons. The zero-order chi connectivity index (χ0) is 25.1. The number of esters is 2. The lowest BCUT2D eigenvalue weighted by Crippen LogP contribution is -2.58. The lowest BCUT2D eigenvalue weighted by molar-refractivity contribution is -0.156. The predicted octanol–water partition coefficient (Wildman–Crippen LogP) is 4.13. The molecule has 6 nitrogen and oxygen atoms in total. The van der Waals surface area contributed by atoms with Gasteiger partial charge >= 0.3 is 11.9 Å². The Morgan fingerprint density at radius 3 is 2.57 bits per heavy atom. The molecule has 6 heteroatoms. The van der Waals surface area contributed by atoms with E-state index in [0.29, 0.717) is 19.3 Å². The molecule has 2 fully saturated rings. The number of ether oxygens (including phenoxy) is 2. The molecule has 0 spiro atoms. The minimum atomic E-state index is -0.936. The maximum Gasteiger partial charge on any atom is 0.316 e. The number of carbonyl (C=O) groups is 3. The number of hydrogen-bond donors (Lipinski definition) is 1. The first-order valence-corrected chi connectivity index (χ1v) is 12.5. The molecule has 186 valence electrons. The highest BCUT2D eigenvalue weighted by atomic mass is 16.6. The Hall–Kier alpha value is -2.73. The second-order valence-corrected chi connectivity index (χ2v) is 11.2. The highest BCUT2D eigenvalue weighted by Gasteiger charge is 2.69. The maximum atomic E-state index is 13.5. The summed E-state index contributed by atoms with van der Waals surface area (Å²) in [6, 6.07) is 10.2. The summed E-state index contributed by atoms with van der Waals surface area (Å²) in [4.78, 5) is 39.0. The number of rotatable bonds is 5. The van der Waals surface area contributed by atoms with Gasteiger partial charge < -0.3 is 14.6 Å². The number of aliphatic hydroxyl groups excluding tert-OH is 1. The van der Waals surface area contributed by atoms with Gasteiger partial charge in [-0.2, -0.15) is 0 Å². The van der Waals surface area contributed by atoms with Crippen molar-refractivity contribution in [1.29, 1.82) is 0 Å². The molecular formula is C29H34O6. The zero-order valence-corrected chi connectivity index (χ0v) is 20.8. The lowest BCUT2D eigenvalue weighted by Gasteiger charge is -2.54. The van der Waals surface area contributed by atoms with E-state index >= 15 is 0 Å². The van der Waals surface area contributed by atoms with Crippen molar-refractivity contribution in [3.63, 3.8) is 0 Å². The fourth-order valence-electron chi connectivity index (χ4n) is 7.70. The van der Waals surface area contributed by atoms with E-state index in [-0.39, 0.29) is 47.8 Å². The zero-order valence-electron chi connectivity index (χ0n) is 20.8. The summed E-state index contributed by atoms with van der Waals surface area (Å²) >= 11 is 0. The lowest BCUT2D eigenvalue weighted by atomic mass is 9.46. The van der Waals surface area contributed by atoms with Crippen molar-refractivity contribution >= 4 is 17.7 Å². The summed E-state index contributed by atoms with van der Waals surface area (Å²) in [5.41, 5.74) is 1.48. The molecule has 4 aliphatic rings. The van der Waals surface area contributed by atoms with E-state index in [4.69, 9.17) is 9.47 Å². The molecule has 1 aliphatic heterocycles. The topological polar surface area (TPSA) is 89.9 Å². The number of allylic oxidation sites excluding steroid dienone is 2. The van der Waals surface area contributed by atoms with Crippen molar-refractivity contribution in [2.45, 2.75) is 64.6 Å². The van der Waals surface area contributed by atoms with Gasteiger partial charge in [-0.25, -0.2) is 0 Å². The first-order chi connectivity index (χ1) is 16.6. The van der Waals surface area contributed by atoms with Crippen molar-refractivity contribution in [1.82, 2.24) is 0 Å². The van der Waals surface area contributed by atoms with E-state index in [1.165, 1.54) is 18.7 Å². The number of carbonyl (C=O) groups excluding carboxylic acids is 3. The fourth-order valence-corrected chi connectivity index (χ4v) is 7.70. The van der Waals surface area contributed by atoms with Crippen LogP contribution in [0, 0.1) is 28.6 Å². The molecular weight excluding hydrogens is 444 g/mol. The largest absolute Gasteiger partial charge is 0.469 e. The van der Waals surface area contributed by atoms with Crippen molar-refractivity contribution in [3.05, 3.63) is 59.2 Å². The van der Waals surface area contributed by atoms with Crippen LogP contribution in [0.15, 0.2) is 53.6 Å². The molecule has 1 heterocycles. The molecule has 1 aromatic rings. The summed E-state index contributed by atoms with van der Waals surface area (Å²) in [5.74, 6) is -1.37. The summed E-state index contributed by atoms with van der Waals surface area (Å²) in [6.45, 7) is 5.82. The summed E-state index contributed by atoms with van der Waals surface area (Å²) in [5, 5.41) is 11.1. The van der Waals surface area contributed by atoms with Crippen LogP contribution in [-0.2, 0) is 23.9 Å². The second-order valence-electron chi connectivity index (χ2n) is 11.2. The predicted molar refractivity (Wildman–Crippen MR) is 129 cm³/mol. The van der Waals surface area contributed by atoms with Gasteiger partial charge in [0.2, 0.25) is 0 Å². The normalized spacial score (nSPS) is 40.0. The van der Waals surface area contributed by atoms with Crippen molar-refractivity contribution in [3.8, 4) is 0 Å². The molecule has 1 aromatic carbocycles. The van der Waals surface area contributed by atoms with Gasteiger partial charge in [-0.3, -0.25) is 14.4 Å². The Labute approximate surface area is 206 Å². The number of hydrogen-bond acceptors (Lipinski definition) is 6. The van der Waals surface area contributed by atoms with E-state index in [2.05, 4.69) is 19.1 Å². The third-order valence-corrected chi connectivity index (χ3v) is 9.54. The Morgan fingerprint density at radius 1 is 1.17 bits per heavy atom. The average molecular weight is 479 g/mol. The van der Waals surface area contributed by atoms with Gasteiger partial charge in [0.1, 0.15) is 6.10 Å². The third kappa shape index (κ3) is 3.52. The van der Waals surface area contributed by atoms with Crippen molar-refractivity contribution in [2.75, 3.05) is 7.11 Å². The molecule has 5 rings (SSSR count). The minimum absolute atomic E-state index is 0.0679. The highest BCUT2D eigenvalue weighted by Crippen LogP contribution is 2.63. The minimum Gasteiger partial charge on any atom is -0.469 e. The number of methoxy groups -OCH3 is 1. The van der Waals surface area contributed by atoms with Crippen molar-refractivity contribution in [2.24, 2.45) is 28.6 Å². The van der Waals surface area contributed by atoms with Crippen LogP contribution in [0.5, 0.6) is 0 Å². The van der Waals surface area contributed by atoms with Gasteiger partial charge in [0.05, 0.1) is 18.6 Å². The molecule has 1 saturated carbocycles. The standard InChI is InChI=1S/C29H34O6/c1-16-19(17-8-6-5-7-9-17)14-22(30)20(16)12-18-13-23-26-28(2,27(33)35-23)11-10-24(31)29(26,3)21(18)15-25(32)34-4/h5-11,18-19,21-23,26,30H,12-15H2,1-4H3/t18-,19+,21+,22+,23+,26+,28-,29+/m1/s1. The van der Waals surface area contributed by atoms with E-state index in [0.717, 1.165) is 11.1 Å². The van der Waals surface area contributed by atoms with E-state index in [1.54, 1.807) is 6.08 Å². The first-order valence-electron chi connectivity index (χ1n) is 12.5. The first kappa shape index (κ1) is 24.0. The average Bonchev–Trinajstić information content (AvgIpc) is 3.27. The third-order valence-electron chi connectivity index (χ3n) is 9.54. The van der Waals surface area contributed by atoms with Crippen LogP contribution in [0.25, 0.3) is 0 Å². The molecule has 1 saturated heterocycles. The quantitative estimate of drug-likeness (QED) is 0.506. The monoisotopic (exact) mass is 478 g/mol. The van der Waals surface area contributed by atoms with Gasteiger partial charge in [-0.05, 0) is 62.2 Å². The summed E-state index contributed by atoms with van der Waals surface area (Å²) in [7, 11) is 1.36. The fraction of sp³-hybridized carbons (Fsp3) is 0.552. The van der Waals surface area contributed by atoms with Gasteiger partial charge in [0.15, 0.2) is 5.78 Å². The maximum absolute atomic E-state index is 13.5. The molecule has 1 N–H and O–H groups in total. The van der Waals surface area contributed by atoms with Gasteiger partial charge in [0.25, 0.3) is 0 Å². The molecule has 0 aromatic heterocycles. The molecule has 0 amide bonds. The second kappa shape index (κ2) is 8.44. The highest BCUT2D eigenvalue weighted by molar-refractivity contribution is 6.00. The summed E-state index contributed by atoms with van der Waals surface area (Å²) < 4.78 is 10.9. The Balaban J connectivity index is 1.54. The van der Waals surface area contributed by atoms with Crippen LogP contribution in [0.3, 0.4) is 0 Å². The number of aliphatic hydroxyl groups is 1. The Morgan fingerprint density at radius 2 is 1.89 bits per heavy atom. The van der Waals surface area contributed by atoms with Crippen LogP contribution in [0.1, 0.15) is 57.9 Å². The van der Waals surface area contributed by atoms with Crippen LogP contribution >= 0.6 is 0 Å². The SMILES string of the molecule is COC(=O)C[C@H]1[C@H](CC2=C(C)[C@@H](c3ccccc3)C[C@@H]2O)C[C@@H]2OC(=O)[C@]3(C)C=CC(=O)[C@@]1(C)[C@@H]23. The molecule has 0 unspecified atom stereocenters. The Bertz CT molecular complexity index is 1120. The van der Waals surface area contributed by atoms with Gasteiger partial charge in [0, 0.05) is 23.7 Å². The van der Waals surface area contributed by atoms with Crippen LogP contribution in [-0.4, -0.2) is 42.1 Å². The van der Waals surface area contributed by atoms with E-state index in [9.17, 15) is 19.5 Å². The molecule has 3 aliphatic carbocycles. The van der Waals surface area contributed by atoms with Gasteiger partial charge in [-0.15, -0.1) is 0 Å².